The molecule has 0 bridgehead atoms. The number of carboxylic acid groups (broad SMARTS) is 1. The monoisotopic (exact) mass is 257 g/mol. The van der Waals surface area contributed by atoms with Gasteiger partial charge in [-0.05, 0) is 0 Å². The molecule has 2 fully saturated rings. The maximum atomic E-state index is 12.1. The molecule has 2 rings (SSSR count). The number of rotatable bonds is 2. The molecule has 0 aromatic heterocycles. The molecule has 2 amide bonds. The minimum atomic E-state index is -1.07. The summed E-state index contributed by atoms with van der Waals surface area (Å²) in [5.74, 6) is -1.42. The Morgan fingerprint density at radius 2 is 2.22 bits per heavy atom. The van der Waals surface area contributed by atoms with Crippen molar-refractivity contribution in [2.24, 2.45) is 0 Å². The van der Waals surface area contributed by atoms with Crippen molar-refractivity contribution >= 4 is 17.8 Å². The van der Waals surface area contributed by atoms with Crippen LogP contribution in [0.5, 0.6) is 0 Å². The average molecular weight is 257 g/mol. The standard InChI is InChI=1S/C10H15N3O5/c14-8-4-11-6(3-12-8)9(15)13-1-2-18-7(5-13)10(16)17/h6-7,11H,1-5H2,(H,12,14)(H,16,17). The summed E-state index contributed by atoms with van der Waals surface area (Å²) in [4.78, 5) is 35.3. The first-order valence-electron chi connectivity index (χ1n) is 5.71. The van der Waals surface area contributed by atoms with Gasteiger partial charge in [0.1, 0.15) is 6.04 Å². The van der Waals surface area contributed by atoms with E-state index in [1.165, 1.54) is 4.90 Å². The minimum absolute atomic E-state index is 0.0420. The number of hydrogen-bond acceptors (Lipinski definition) is 5. The fourth-order valence-corrected chi connectivity index (χ4v) is 1.96. The maximum Gasteiger partial charge on any atom is 0.334 e. The van der Waals surface area contributed by atoms with E-state index in [4.69, 9.17) is 9.84 Å². The number of nitrogens with zero attached hydrogens (tertiary/aromatic N) is 1. The van der Waals surface area contributed by atoms with Crippen molar-refractivity contribution in [3.05, 3.63) is 0 Å². The molecule has 2 atom stereocenters. The lowest BCUT2D eigenvalue weighted by Gasteiger charge is -2.34. The molecule has 2 unspecified atom stereocenters. The van der Waals surface area contributed by atoms with Gasteiger partial charge in [-0.3, -0.25) is 14.9 Å². The van der Waals surface area contributed by atoms with Gasteiger partial charge in [0, 0.05) is 13.1 Å². The van der Waals surface area contributed by atoms with Crippen LogP contribution in [0.1, 0.15) is 0 Å². The zero-order valence-corrected chi connectivity index (χ0v) is 9.72. The summed E-state index contributed by atoms with van der Waals surface area (Å²) >= 11 is 0. The van der Waals surface area contributed by atoms with Crippen LogP contribution < -0.4 is 10.6 Å². The van der Waals surface area contributed by atoms with E-state index in [1.807, 2.05) is 0 Å². The Morgan fingerprint density at radius 3 is 2.83 bits per heavy atom. The molecule has 2 heterocycles. The third-order valence-corrected chi connectivity index (χ3v) is 2.96. The third kappa shape index (κ3) is 2.77. The third-order valence-electron chi connectivity index (χ3n) is 2.96. The number of carbonyl (C=O) groups excluding carboxylic acids is 2. The second-order valence-electron chi connectivity index (χ2n) is 4.22. The van der Waals surface area contributed by atoms with Crippen LogP contribution in [0.2, 0.25) is 0 Å². The van der Waals surface area contributed by atoms with Gasteiger partial charge in [0.15, 0.2) is 6.10 Å². The van der Waals surface area contributed by atoms with Crippen molar-refractivity contribution in [3.8, 4) is 0 Å². The lowest BCUT2D eigenvalue weighted by Crippen LogP contribution is -2.61. The van der Waals surface area contributed by atoms with Crippen molar-refractivity contribution in [2.45, 2.75) is 12.1 Å². The highest BCUT2D eigenvalue weighted by Crippen LogP contribution is 2.08. The topological polar surface area (TPSA) is 108 Å². The van der Waals surface area contributed by atoms with Gasteiger partial charge >= 0.3 is 5.97 Å². The van der Waals surface area contributed by atoms with Crippen LogP contribution in [0.25, 0.3) is 0 Å². The molecule has 0 spiro atoms. The van der Waals surface area contributed by atoms with Crippen LogP contribution in [0.15, 0.2) is 0 Å². The fourth-order valence-electron chi connectivity index (χ4n) is 1.96. The number of carbonyl (C=O) groups is 3. The second kappa shape index (κ2) is 5.32. The molecule has 0 saturated carbocycles. The zero-order chi connectivity index (χ0) is 13.1. The van der Waals surface area contributed by atoms with Gasteiger partial charge in [-0.2, -0.15) is 0 Å². The van der Waals surface area contributed by atoms with E-state index in [0.717, 1.165) is 0 Å². The predicted octanol–water partition coefficient (Wildman–Crippen LogP) is -2.61. The molecular weight excluding hydrogens is 242 g/mol. The number of carboxylic acids is 1. The summed E-state index contributed by atoms with van der Waals surface area (Å²) in [6.45, 7) is 0.951. The molecule has 2 aliphatic heterocycles. The van der Waals surface area contributed by atoms with Gasteiger partial charge in [0.05, 0.1) is 19.7 Å². The Hall–Kier alpha value is -1.67. The Morgan fingerprint density at radius 1 is 1.44 bits per heavy atom. The van der Waals surface area contributed by atoms with Gasteiger partial charge in [-0.15, -0.1) is 0 Å². The molecule has 100 valence electrons. The highest BCUT2D eigenvalue weighted by Gasteiger charge is 2.33. The first-order chi connectivity index (χ1) is 8.58. The smallest absolute Gasteiger partial charge is 0.334 e. The van der Waals surface area contributed by atoms with Crippen LogP contribution in [0.3, 0.4) is 0 Å². The van der Waals surface area contributed by atoms with Crippen LogP contribution in [0.4, 0.5) is 0 Å². The molecule has 0 aromatic carbocycles. The summed E-state index contributed by atoms with van der Waals surface area (Å²) < 4.78 is 5.04. The first kappa shape index (κ1) is 12.8. The highest BCUT2D eigenvalue weighted by atomic mass is 16.5. The minimum Gasteiger partial charge on any atom is -0.479 e. The Labute approximate surface area is 103 Å². The van der Waals surface area contributed by atoms with E-state index in [9.17, 15) is 14.4 Å². The van der Waals surface area contributed by atoms with Crippen LogP contribution >= 0.6 is 0 Å². The molecule has 2 saturated heterocycles. The fraction of sp³-hybridized carbons (Fsp3) is 0.700. The van der Waals surface area contributed by atoms with E-state index in [0.29, 0.717) is 6.54 Å². The van der Waals surface area contributed by atoms with E-state index >= 15 is 0 Å². The molecule has 0 aromatic rings. The molecule has 18 heavy (non-hydrogen) atoms. The lowest BCUT2D eigenvalue weighted by molar-refractivity contribution is -0.160. The van der Waals surface area contributed by atoms with Crippen molar-refractivity contribution < 1.29 is 24.2 Å². The van der Waals surface area contributed by atoms with Gasteiger partial charge in [-0.1, -0.05) is 0 Å². The van der Waals surface area contributed by atoms with E-state index in [2.05, 4.69) is 10.6 Å². The van der Waals surface area contributed by atoms with Crippen LogP contribution in [-0.2, 0) is 19.1 Å². The Kier molecular flexibility index (Phi) is 3.78. The normalized spacial score (nSPS) is 28.7. The first-order valence-corrected chi connectivity index (χ1v) is 5.71. The van der Waals surface area contributed by atoms with Crippen molar-refractivity contribution in [1.82, 2.24) is 15.5 Å². The van der Waals surface area contributed by atoms with Gasteiger partial charge < -0.3 is 20.1 Å². The van der Waals surface area contributed by atoms with Crippen molar-refractivity contribution in [1.29, 1.82) is 0 Å². The second-order valence-corrected chi connectivity index (χ2v) is 4.22. The zero-order valence-electron chi connectivity index (χ0n) is 9.72. The molecule has 8 nitrogen and oxygen atoms in total. The lowest BCUT2D eigenvalue weighted by atomic mass is 10.1. The number of morpholine rings is 1. The number of piperazine rings is 1. The quantitative estimate of drug-likeness (QED) is 0.500. The molecule has 3 N–H and O–H groups in total. The van der Waals surface area contributed by atoms with Crippen LogP contribution in [0, 0.1) is 0 Å². The average Bonchev–Trinajstić information content (AvgIpc) is 2.39. The molecule has 2 aliphatic rings. The highest BCUT2D eigenvalue weighted by molar-refractivity contribution is 5.87. The molecular formula is C10H15N3O5. The Balaban J connectivity index is 1.92. The molecule has 0 radical (unpaired) electrons. The summed E-state index contributed by atoms with van der Waals surface area (Å²) in [7, 11) is 0. The van der Waals surface area contributed by atoms with Crippen molar-refractivity contribution in [2.75, 3.05) is 32.8 Å². The summed E-state index contributed by atoms with van der Waals surface area (Å²) in [5, 5.41) is 14.3. The summed E-state index contributed by atoms with van der Waals surface area (Å²) in [6.07, 6.45) is -0.971. The number of amides is 2. The number of nitrogens with one attached hydrogen (secondary N) is 2. The number of aliphatic carboxylic acids is 1. The Bertz CT molecular complexity index is 363. The molecule has 0 aliphatic carbocycles. The SMILES string of the molecule is O=C1CNC(C(=O)N2CCOC(C(=O)O)C2)CN1. The van der Waals surface area contributed by atoms with Crippen LogP contribution in [-0.4, -0.2) is 72.7 Å². The number of ether oxygens (including phenoxy) is 1. The van der Waals surface area contributed by atoms with E-state index < -0.39 is 18.1 Å². The van der Waals surface area contributed by atoms with E-state index in [1.54, 1.807) is 0 Å². The number of hydrogen-bond donors (Lipinski definition) is 3. The summed E-state index contributed by atoms with van der Waals surface area (Å²) in [5.41, 5.74) is 0. The van der Waals surface area contributed by atoms with Crippen molar-refractivity contribution in [3.63, 3.8) is 0 Å². The van der Waals surface area contributed by atoms with Gasteiger partial charge in [-0.25, -0.2) is 4.79 Å². The molecule has 8 heteroatoms. The van der Waals surface area contributed by atoms with E-state index in [-0.39, 0.29) is 38.1 Å². The maximum absolute atomic E-state index is 12.1. The van der Waals surface area contributed by atoms with Gasteiger partial charge in [0.25, 0.3) is 0 Å². The summed E-state index contributed by atoms with van der Waals surface area (Å²) in [6, 6.07) is -0.491. The largest absolute Gasteiger partial charge is 0.479 e. The van der Waals surface area contributed by atoms with Gasteiger partial charge in [0.2, 0.25) is 11.8 Å². The predicted molar refractivity (Wildman–Crippen MR) is 58.8 cm³/mol.